The Balaban J connectivity index is 2.08. The molecule has 138 valence electrons. The number of nitrogens with zero attached hydrogens (tertiary/aromatic N) is 2. The lowest BCUT2D eigenvalue weighted by Crippen LogP contribution is -2.41. The largest absolute Gasteiger partial charge is 0.469 e. The molecule has 2 N–H and O–H groups in total. The number of hydrogen-bond acceptors (Lipinski definition) is 4. The maximum atomic E-state index is 11.9. The number of aliphatic imine (C=N–C) groups is 1. The van der Waals surface area contributed by atoms with Crippen LogP contribution in [-0.2, 0) is 9.53 Å². The Morgan fingerprint density at radius 3 is 2.84 bits per heavy atom. The Morgan fingerprint density at radius 2 is 2.20 bits per heavy atom. The summed E-state index contributed by atoms with van der Waals surface area (Å²) in [5, 5.41) is 14.1. The topological polar surface area (TPSA) is 74.2 Å². The Labute approximate surface area is 153 Å². The minimum absolute atomic E-state index is 0.164. The number of guanidine groups is 1. The van der Waals surface area contributed by atoms with Gasteiger partial charge in [0.05, 0.1) is 19.6 Å². The molecule has 0 radical (unpaired) electrons. The van der Waals surface area contributed by atoms with Crippen LogP contribution in [0.5, 0.6) is 0 Å². The third-order valence-corrected chi connectivity index (χ3v) is 4.77. The third-order valence-electron chi connectivity index (χ3n) is 4.43. The molecule has 0 amide bonds. The van der Waals surface area contributed by atoms with E-state index in [0.29, 0.717) is 36.2 Å². The van der Waals surface area contributed by atoms with Crippen LogP contribution in [0.4, 0.5) is 0 Å². The molecule has 1 aromatic rings. The van der Waals surface area contributed by atoms with Crippen molar-refractivity contribution in [2.45, 2.75) is 20.0 Å². The Bertz CT molecular complexity index is 623. The molecule has 3 atom stereocenters. The zero-order chi connectivity index (χ0) is 18.4. The first kappa shape index (κ1) is 19.5. The first-order valence-corrected chi connectivity index (χ1v) is 8.89. The minimum atomic E-state index is -0.779. The lowest BCUT2D eigenvalue weighted by Gasteiger charge is -2.22. The monoisotopic (exact) mass is 367 g/mol. The van der Waals surface area contributed by atoms with Gasteiger partial charge in [0.15, 0.2) is 5.96 Å². The molecule has 3 unspecified atom stereocenters. The standard InChI is InChI=1S/C18H26ClN3O3/c1-4-20-18(22-10-12(2)14(11-22)17(24)25-3)21-9-16(23)13-7-5-6-8-15(13)19/h5-8,12,14,16,23H,4,9-11H2,1-3H3,(H,20,21). The van der Waals surface area contributed by atoms with Gasteiger partial charge in [-0.25, -0.2) is 0 Å². The number of aliphatic hydroxyl groups is 1. The molecule has 0 spiro atoms. The first-order valence-electron chi connectivity index (χ1n) is 8.51. The van der Waals surface area contributed by atoms with Gasteiger partial charge in [-0.1, -0.05) is 36.7 Å². The molecule has 1 aliphatic heterocycles. The van der Waals surface area contributed by atoms with Crippen molar-refractivity contribution in [2.24, 2.45) is 16.8 Å². The Kier molecular flexibility index (Phi) is 7.08. The average Bonchev–Trinajstić information content (AvgIpc) is 2.99. The van der Waals surface area contributed by atoms with Gasteiger partial charge in [-0.2, -0.15) is 0 Å². The van der Waals surface area contributed by atoms with Gasteiger partial charge in [0.2, 0.25) is 0 Å². The summed E-state index contributed by atoms with van der Waals surface area (Å²) in [5.41, 5.74) is 0.658. The molecule has 1 fully saturated rings. The fourth-order valence-corrected chi connectivity index (χ4v) is 3.30. The van der Waals surface area contributed by atoms with Crippen molar-refractivity contribution in [3.8, 4) is 0 Å². The summed E-state index contributed by atoms with van der Waals surface area (Å²) < 4.78 is 4.88. The van der Waals surface area contributed by atoms with Crippen LogP contribution in [0, 0.1) is 11.8 Å². The zero-order valence-corrected chi connectivity index (χ0v) is 15.7. The van der Waals surface area contributed by atoms with Crippen LogP contribution in [0.2, 0.25) is 5.02 Å². The number of carbonyl (C=O) groups is 1. The maximum Gasteiger partial charge on any atom is 0.310 e. The highest BCUT2D eigenvalue weighted by atomic mass is 35.5. The highest BCUT2D eigenvalue weighted by molar-refractivity contribution is 6.31. The summed E-state index contributed by atoms with van der Waals surface area (Å²) >= 11 is 6.13. The number of esters is 1. The van der Waals surface area contributed by atoms with E-state index < -0.39 is 6.10 Å². The van der Waals surface area contributed by atoms with Crippen LogP contribution < -0.4 is 5.32 Å². The van der Waals surface area contributed by atoms with E-state index in [2.05, 4.69) is 10.3 Å². The van der Waals surface area contributed by atoms with Crippen molar-refractivity contribution in [3.05, 3.63) is 34.9 Å². The number of nitrogens with one attached hydrogen (secondary N) is 1. The van der Waals surface area contributed by atoms with E-state index in [1.807, 2.05) is 30.9 Å². The van der Waals surface area contributed by atoms with E-state index >= 15 is 0 Å². The van der Waals surface area contributed by atoms with Crippen LogP contribution in [-0.4, -0.2) is 55.2 Å². The lowest BCUT2D eigenvalue weighted by atomic mass is 9.99. The maximum absolute atomic E-state index is 11.9. The fourth-order valence-electron chi connectivity index (χ4n) is 3.04. The molecule has 7 heteroatoms. The second-order valence-corrected chi connectivity index (χ2v) is 6.65. The molecular formula is C18H26ClN3O3. The summed E-state index contributed by atoms with van der Waals surface area (Å²) in [4.78, 5) is 18.4. The number of aliphatic hydroxyl groups excluding tert-OH is 1. The van der Waals surface area contributed by atoms with E-state index in [0.717, 1.165) is 0 Å². The van der Waals surface area contributed by atoms with Crippen LogP contribution in [0.15, 0.2) is 29.3 Å². The second kappa shape index (κ2) is 9.06. The minimum Gasteiger partial charge on any atom is -0.469 e. The summed E-state index contributed by atoms with van der Waals surface area (Å²) in [6.07, 6.45) is -0.779. The fraction of sp³-hybridized carbons (Fsp3) is 0.556. The van der Waals surface area contributed by atoms with Crippen LogP contribution >= 0.6 is 11.6 Å². The number of halogens is 1. The second-order valence-electron chi connectivity index (χ2n) is 6.24. The number of rotatable bonds is 5. The SMILES string of the molecule is CCNC(=NCC(O)c1ccccc1Cl)N1CC(C)C(C(=O)OC)C1. The Hall–Kier alpha value is -1.79. The van der Waals surface area contributed by atoms with Gasteiger partial charge >= 0.3 is 5.97 Å². The predicted molar refractivity (Wildman–Crippen MR) is 98.6 cm³/mol. The van der Waals surface area contributed by atoms with Crippen LogP contribution in [0.25, 0.3) is 0 Å². The summed E-state index contributed by atoms with van der Waals surface area (Å²) in [6.45, 7) is 6.19. The molecule has 1 heterocycles. The zero-order valence-electron chi connectivity index (χ0n) is 14.9. The van der Waals surface area contributed by atoms with Gasteiger partial charge in [-0.05, 0) is 18.9 Å². The summed E-state index contributed by atoms with van der Waals surface area (Å²) in [7, 11) is 1.41. The van der Waals surface area contributed by atoms with Crippen molar-refractivity contribution in [3.63, 3.8) is 0 Å². The number of methoxy groups -OCH3 is 1. The van der Waals surface area contributed by atoms with E-state index in [-0.39, 0.29) is 24.3 Å². The van der Waals surface area contributed by atoms with Crippen molar-refractivity contribution in [2.75, 3.05) is 33.3 Å². The molecular weight excluding hydrogens is 342 g/mol. The average molecular weight is 368 g/mol. The molecule has 0 aliphatic carbocycles. The van der Waals surface area contributed by atoms with E-state index in [1.54, 1.807) is 12.1 Å². The molecule has 1 saturated heterocycles. The normalized spacial score (nSPS) is 22.0. The molecule has 0 saturated carbocycles. The van der Waals surface area contributed by atoms with Crippen LogP contribution in [0.3, 0.4) is 0 Å². The van der Waals surface area contributed by atoms with Crippen LogP contribution in [0.1, 0.15) is 25.5 Å². The number of carbonyl (C=O) groups excluding carboxylic acids is 1. The van der Waals surface area contributed by atoms with E-state index in [9.17, 15) is 9.90 Å². The molecule has 6 nitrogen and oxygen atoms in total. The quantitative estimate of drug-likeness (QED) is 0.473. The Morgan fingerprint density at radius 1 is 1.48 bits per heavy atom. The number of likely N-dealkylation sites (tertiary alicyclic amines) is 1. The van der Waals surface area contributed by atoms with Gasteiger partial charge in [-0.15, -0.1) is 0 Å². The smallest absolute Gasteiger partial charge is 0.310 e. The van der Waals surface area contributed by atoms with Crippen molar-refractivity contribution in [1.82, 2.24) is 10.2 Å². The van der Waals surface area contributed by atoms with E-state index in [1.165, 1.54) is 7.11 Å². The summed E-state index contributed by atoms with van der Waals surface area (Å²) in [5.74, 6) is 0.515. The molecule has 0 bridgehead atoms. The van der Waals surface area contributed by atoms with Gasteiger partial charge in [0.25, 0.3) is 0 Å². The molecule has 25 heavy (non-hydrogen) atoms. The van der Waals surface area contributed by atoms with Gasteiger partial charge in [0, 0.05) is 30.2 Å². The first-order chi connectivity index (χ1) is 12.0. The molecule has 1 aromatic carbocycles. The van der Waals surface area contributed by atoms with E-state index in [4.69, 9.17) is 16.3 Å². The molecule has 2 rings (SSSR count). The third kappa shape index (κ3) is 4.86. The number of ether oxygens (including phenoxy) is 1. The number of benzene rings is 1. The van der Waals surface area contributed by atoms with Gasteiger partial charge < -0.3 is 20.1 Å². The van der Waals surface area contributed by atoms with Gasteiger partial charge in [-0.3, -0.25) is 9.79 Å². The van der Waals surface area contributed by atoms with Crippen molar-refractivity contribution < 1.29 is 14.6 Å². The molecule has 0 aromatic heterocycles. The highest BCUT2D eigenvalue weighted by Gasteiger charge is 2.36. The number of hydrogen-bond donors (Lipinski definition) is 2. The predicted octanol–water partition coefficient (Wildman–Crippen LogP) is 2.08. The van der Waals surface area contributed by atoms with Crippen molar-refractivity contribution in [1.29, 1.82) is 0 Å². The van der Waals surface area contributed by atoms with Crippen molar-refractivity contribution >= 4 is 23.5 Å². The molecule has 1 aliphatic rings. The van der Waals surface area contributed by atoms with Gasteiger partial charge in [0.1, 0.15) is 6.10 Å². The highest BCUT2D eigenvalue weighted by Crippen LogP contribution is 2.25. The summed E-state index contributed by atoms with van der Waals surface area (Å²) in [6, 6.07) is 7.20. The lowest BCUT2D eigenvalue weighted by molar-refractivity contribution is -0.145.